The summed E-state index contributed by atoms with van der Waals surface area (Å²) in [5.74, 6) is -0.250. The molecule has 0 radical (unpaired) electrons. The predicted molar refractivity (Wildman–Crippen MR) is 110 cm³/mol. The minimum atomic E-state index is -3.95. The van der Waals surface area contributed by atoms with Crippen LogP contribution in [0.2, 0.25) is 0 Å². The molecule has 1 N–H and O–H groups in total. The molecule has 0 aliphatic rings. The van der Waals surface area contributed by atoms with Gasteiger partial charge in [0.2, 0.25) is 0 Å². The largest absolute Gasteiger partial charge is 0.286 e. The first-order valence-electron chi connectivity index (χ1n) is 9.04. The van der Waals surface area contributed by atoms with Crippen molar-refractivity contribution in [3.05, 3.63) is 90.5 Å². The SMILES string of the molecule is C=Cc1ccc(Cc2cc(-c3ccncc3)cc[n+]2CCCS(=O)(=O)O)cc1. The molecule has 144 valence electrons. The Morgan fingerprint density at radius 3 is 2.39 bits per heavy atom. The van der Waals surface area contributed by atoms with Gasteiger partial charge in [-0.1, -0.05) is 36.9 Å². The van der Waals surface area contributed by atoms with E-state index in [0.29, 0.717) is 19.4 Å². The summed E-state index contributed by atoms with van der Waals surface area (Å²) in [5, 5.41) is 0. The third-order valence-corrected chi connectivity index (χ3v) is 5.35. The van der Waals surface area contributed by atoms with E-state index in [2.05, 4.69) is 29.8 Å². The van der Waals surface area contributed by atoms with Gasteiger partial charge in [0.05, 0.1) is 12.2 Å². The van der Waals surface area contributed by atoms with Gasteiger partial charge in [0.1, 0.15) is 6.54 Å². The third-order valence-electron chi connectivity index (χ3n) is 4.54. The lowest BCUT2D eigenvalue weighted by molar-refractivity contribution is -0.703. The van der Waals surface area contributed by atoms with E-state index in [1.54, 1.807) is 12.4 Å². The second-order valence-corrected chi connectivity index (χ2v) is 8.17. The molecular formula is C22H23N2O3S+. The highest BCUT2D eigenvalue weighted by Gasteiger charge is 2.15. The molecule has 0 aliphatic carbocycles. The minimum Gasteiger partial charge on any atom is -0.286 e. The standard InChI is InChI=1S/C22H22N2O3S/c1-2-18-4-6-19(7-5-18)16-22-17-21(20-8-11-23-12-9-20)10-14-24(22)13-3-15-28(25,26)27/h2,4-12,14,17H,1,3,13,15-16H2/p+1. The molecule has 5 nitrogen and oxygen atoms in total. The molecule has 1 aromatic carbocycles. The summed E-state index contributed by atoms with van der Waals surface area (Å²) in [6.45, 7) is 4.29. The third kappa shape index (κ3) is 5.58. The normalized spacial score (nSPS) is 11.3. The van der Waals surface area contributed by atoms with Crippen LogP contribution in [0, 0.1) is 0 Å². The number of nitrogens with zero attached hydrogens (tertiary/aromatic N) is 2. The van der Waals surface area contributed by atoms with E-state index in [4.69, 9.17) is 4.55 Å². The summed E-state index contributed by atoms with van der Waals surface area (Å²) in [6, 6.07) is 16.2. The molecule has 0 fully saturated rings. The molecule has 3 rings (SSSR count). The van der Waals surface area contributed by atoms with Gasteiger partial charge in [0.15, 0.2) is 11.9 Å². The van der Waals surface area contributed by atoms with Crippen molar-refractivity contribution in [3.63, 3.8) is 0 Å². The first kappa shape index (κ1) is 19.9. The monoisotopic (exact) mass is 395 g/mol. The van der Waals surface area contributed by atoms with E-state index in [1.165, 1.54) is 0 Å². The maximum absolute atomic E-state index is 11.0. The van der Waals surface area contributed by atoms with E-state index in [1.807, 2.05) is 47.2 Å². The molecule has 0 saturated carbocycles. The molecule has 0 saturated heterocycles. The van der Waals surface area contributed by atoms with Crippen LogP contribution >= 0.6 is 0 Å². The average Bonchev–Trinajstić information content (AvgIpc) is 2.69. The van der Waals surface area contributed by atoms with Gasteiger partial charge in [-0.05, 0) is 34.4 Å². The number of aryl methyl sites for hydroxylation is 1. The number of hydrogen-bond acceptors (Lipinski definition) is 3. The van der Waals surface area contributed by atoms with Gasteiger partial charge in [0, 0.05) is 30.9 Å². The summed E-state index contributed by atoms with van der Waals surface area (Å²) in [5.41, 5.74) is 5.43. The molecule has 0 unspecified atom stereocenters. The van der Waals surface area contributed by atoms with Crippen molar-refractivity contribution in [2.75, 3.05) is 5.75 Å². The van der Waals surface area contributed by atoms with E-state index >= 15 is 0 Å². The van der Waals surface area contributed by atoms with Crippen molar-refractivity contribution in [3.8, 4) is 11.1 Å². The van der Waals surface area contributed by atoms with Crippen LogP contribution in [0.1, 0.15) is 23.2 Å². The lowest BCUT2D eigenvalue weighted by atomic mass is 10.0. The molecule has 28 heavy (non-hydrogen) atoms. The van der Waals surface area contributed by atoms with Gasteiger partial charge in [-0.15, -0.1) is 0 Å². The zero-order valence-electron chi connectivity index (χ0n) is 15.5. The first-order chi connectivity index (χ1) is 13.4. The number of aromatic nitrogens is 2. The molecule has 2 heterocycles. The lowest BCUT2D eigenvalue weighted by Gasteiger charge is -2.08. The highest BCUT2D eigenvalue weighted by atomic mass is 32.2. The van der Waals surface area contributed by atoms with Gasteiger partial charge < -0.3 is 0 Å². The van der Waals surface area contributed by atoms with Gasteiger partial charge in [-0.2, -0.15) is 8.42 Å². The Morgan fingerprint density at radius 1 is 1.04 bits per heavy atom. The van der Waals surface area contributed by atoms with Crippen LogP contribution in [0.3, 0.4) is 0 Å². The van der Waals surface area contributed by atoms with Crippen molar-refractivity contribution >= 4 is 16.2 Å². The number of hydrogen-bond donors (Lipinski definition) is 1. The lowest BCUT2D eigenvalue weighted by Crippen LogP contribution is -2.39. The van der Waals surface area contributed by atoms with Gasteiger partial charge >= 0.3 is 0 Å². The van der Waals surface area contributed by atoms with Crippen molar-refractivity contribution in [1.29, 1.82) is 0 Å². The zero-order valence-corrected chi connectivity index (χ0v) is 16.3. The van der Waals surface area contributed by atoms with E-state index in [9.17, 15) is 8.42 Å². The molecule has 0 bridgehead atoms. The van der Waals surface area contributed by atoms with Crippen LogP contribution in [-0.2, 0) is 23.1 Å². The van der Waals surface area contributed by atoms with Crippen LogP contribution in [0.15, 0.2) is 73.7 Å². The second kappa shape index (κ2) is 8.91. The highest BCUT2D eigenvalue weighted by Crippen LogP contribution is 2.19. The van der Waals surface area contributed by atoms with Crippen LogP contribution < -0.4 is 4.57 Å². The van der Waals surface area contributed by atoms with Gasteiger partial charge in [-0.25, -0.2) is 4.57 Å². The maximum Gasteiger partial charge on any atom is 0.265 e. The van der Waals surface area contributed by atoms with Crippen molar-refractivity contribution < 1.29 is 17.5 Å². The van der Waals surface area contributed by atoms with E-state index in [0.717, 1.165) is 27.9 Å². The van der Waals surface area contributed by atoms with E-state index < -0.39 is 10.1 Å². The van der Waals surface area contributed by atoms with Gasteiger partial charge in [-0.3, -0.25) is 9.54 Å². The average molecular weight is 396 g/mol. The maximum atomic E-state index is 11.0. The van der Waals surface area contributed by atoms with Crippen molar-refractivity contribution in [2.45, 2.75) is 19.4 Å². The first-order valence-corrected chi connectivity index (χ1v) is 10.6. The molecular weight excluding hydrogens is 372 g/mol. The molecule has 6 heteroatoms. The Kier molecular flexibility index (Phi) is 6.34. The zero-order chi connectivity index (χ0) is 20.0. The van der Waals surface area contributed by atoms with Crippen LogP contribution in [0.5, 0.6) is 0 Å². The quantitative estimate of drug-likeness (QED) is 0.468. The fourth-order valence-electron chi connectivity index (χ4n) is 3.07. The second-order valence-electron chi connectivity index (χ2n) is 6.60. The summed E-state index contributed by atoms with van der Waals surface area (Å²) in [4.78, 5) is 4.06. The molecule has 0 atom stereocenters. The fraction of sp³-hybridized carbons (Fsp3) is 0.182. The Balaban J connectivity index is 1.90. The Labute approximate surface area is 165 Å². The number of benzene rings is 1. The Bertz CT molecular complexity index is 1050. The molecule has 2 aromatic heterocycles. The summed E-state index contributed by atoms with van der Waals surface area (Å²) >= 11 is 0. The Morgan fingerprint density at radius 2 is 1.75 bits per heavy atom. The smallest absolute Gasteiger partial charge is 0.265 e. The molecule has 0 amide bonds. The molecule has 0 aliphatic heterocycles. The summed E-state index contributed by atoms with van der Waals surface area (Å²) in [6.07, 6.45) is 8.35. The summed E-state index contributed by atoms with van der Waals surface area (Å²) < 4.78 is 33.1. The van der Waals surface area contributed by atoms with Gasteiger partial charge in [0.25, 0.3) is 10.1 Å². The summed E-state index contributed by atoms with van der Waals surface area (Å²) in [7, 11) is -3.95. The highest BCUT2D eigenvalue weighted by molar-refractivity contribution is 7.85. The predicted octanol–water partition coefficient (Wildman–Crippen LogP) is 3.55. The van der Waals surface area contributed by atoms with Crippen LogP contribution in [-0.4, -0.2) is 23.7 Å². The Hall–Kier alpha value is -2.83. The number of rotatable bonds is 8. The van der Waals surface area contributed by atoms with Crippen LogP contribution in [0.4, 0.5) is 0 Å². The van der Waals surface area contributed by atoms with Crippen molar-refractivity contribution in [1.82, 2.24) is 4.98 Å². The minimum absolute atomic E-state index is 0.250. The fourth-order valence-corrected chi connectivity index (χ4v) is 3.56. The molecule has 0 spiro atoms. The molecule has 3 aromatic rings. The van der Waals surface area contributed by atoms with Crippen molar-refractivity contribution in [2.24, 2.45) is 0 Å². The van der Waals surface area contributed by atoms with Crippen LogP contribution in [0.25, 0.3) is 17.2 Å². The number of pyridine rings is 2. The topological polar surface area (TPSA) is 71.1 Å². The van der Waals surface area contributed by atoms with E-state index in [-0.39, 0.29) is 5.75 Å².